The first-order chi connectivity index (χ1) is 11.2. The van der Waals surface area contributed by atoms with Crippen LogP contribution in [0.15, 0.2) is 55.0 Å². The van der Waals surface area contributed by atoms with Crippen LogP contribution in [0.2, 0.25) is 0 Å². The molecule has 0 aliphatic rings. The van der Waals surface area contributed by atoms with Gasteiger partial charge in [-0.05, 0) is 35.9 Å². The van der Waals surface area contributed by atoms with Crippen molar-refractivity contribution in [1.82, 2.24) is 25.2 Å². The van der Waals surface area contributed by atoms with Gasteiger partial charge in [-0.1, -0.05) is 6.07 Å². The van der Waals surface area contributed by atoms with Gasteiger partial charge in [0.1, 0.15) is 0 Å². The largest absolute Gasteiger partial charge is 0.350 e. The van der Waals surface area contributed by atoms with E-state index in [0.717, 1.165) is 11.1 Å². The monoisotopic (exact) mass is 309 g/mol. The fraction of sp³-hybridized carbons (Fsp3) is 0.125. The molecule has 23 heavy (non-hydrogen) atoms. The van der Waals surface area contributed by atoms with Gasteiger partial charge in [0.25, 0.3) is 5.91 Å². The van der Waals surface area contributed by atoms with E-state index < -0.39 is 0 Å². The molecule has 0 aromatic carbocycles. The molecule has 3 aromatic heterocycles. The van der Waals surface area contributed by atoms with Crippen molar-refractivity contribution in [3.63, 3.8) is 0 Å². The molecular weight excluding hydrogens is 294 g/mol. The maximum Gasteiger partial charge on any atom is 0.272 e. The minimum atomic E-state index is -0.382. The van der Waals surface area contributed by atoms with Crippen molar-refractivity contribution >= 4 is 17.3 Å². The molecule has 3 rings (SSSR count). The average molecular weight is 309 g/mol. The Balaban J connectivity index is 1.51. The molecule has 7 nitrogen and oxygen atoms in total. The molecule has 0 bridgehead atoms. The number of hydrogen-bond donors (Lipinski definition) is 2. The van der Waals surface area contributed by atoms with Gasteiger partial charge in [-0.2, -0.15) is 5.10 Å². The van der Waals surface area contributed by atoms with Crippen LogP contribution in [0.5, 0.6) is 0 Å². The summed E-state index contributed by atoms with van der Waals surface area (Å²) in [6, 6.07) is 10.8. The number of nitrogens with zero attached hydrogens (tertiary/aromatic N) is 3. The Labute approximate surface area is 132 Å². The van der Waals surface area contributed by atoms with Gasteiger partial charge in [0.2, 0.25) is 5.91 Å². The summed E-state index contributed by atoms with van der Waals surface area (Å²) < 4.78 is 1.61. The minimum Gasteiger partial charge on any atom is -0.350 e. The SMILES string of the molecule is O=C(CNC(=O)c1cc2ccccn2n1)NCc1ccncc1. The lowest BCUT2D eigenvalue weighted by molar-refractivity contribution is -0.120. The highest BCUT2D eigenvalue weighted by atomic mass is 16.2. The first-order valence-electron chi connectivity index (χ1n) is 7.10. The smallest absolute Gasteiger partial charge is 0.272 e. The number of pyridine rings is 2. The molecule has 3 heterocycles. The van der Waals surface area contributed by atoms with Crippen molar-refractivity contribution in [1.29, 1.82) is 0 Å². The van der Waals surface area contributed by atoms with Crippen LogP contribution in [0.1, 0.15) is 16.1 Å². The molecule has 2 amide bonds. The molecular formula is C16H15N5O2. The topological polar surface area (TPSA) is 88.4 Å². The Bertz CT molecular complexity index is 796. The summed E-state index contributed by atoms with van der Waals surface area (Å²) in [4.78, 5) is 27.7. The third-order valence-corrected chi connectivity index (χ3v) is 3.25. The molecule has 0 atom stereocenters. The van der Waals surface area contributed by atoms with E-state index in [1.54, 1.807) is 29.2 Å². The van der Waals surface area contributed by atoms with Crippen LogP contribution in [0.3, 0.4) is 0 Å². The third kappa shape index (κ3) is 3.70. The number of carbonyl (C=O) groups is 2. The van der Waals surface area contributed by atoms with Crippen molar-refractivity contribution < 1.29 is 9.59 Å². The van der Waals surface area contributed by atoms with Gasteiger partial charge in [-0.3, -0.25) is 14.6 Å². The van der Waals surface area contributed by atoms with Crippen molar-refractivity contribution in [3.05, 3.63) is 66.2 Å². The Hall–Kier alpha value is -3.22. The Morgan fingerprint density at radius 3 is 2.70 bits per heavy atom. The highest BCUT2D eigenvalue weighted by Crippen LogP contribution is 2.05. The lowest BCUT2D eigenvalue weighted by atomic mass is 10.3. The van der Waals surface area contributed by atoms with E-state index in [1.165, 1.54) is 0 Å². The van der Waals surface area contributed by atoms with Crippen LogP contribution in [0.4, 0.5) is 0 Å². The number of amides is 2. The van der Waals surface area contributed by atoms with Crippen molar-refractivity contribution in [3.8, 4) is 0 Å². The molecule has 0 fully saturated rings. The fourth-order valence-electron chi connectivity index (χ4n) is 2.06. The molecule has 0 aliphatic carbocycles. The quantitative estimate of drug-likeness (QED) is 0.729. The number of nitrogens with one attached hydrogen (secondary N) is 2. The van der Waals surface area contributed by atoms with Crippen molar-refractivity contribution in [2.45, 2.75) is 6.54 Å². The zero-order valence-corrected chi connectivity index (χ0v) is 12.3. The van der Waals surface area contributed by atoms with Crippen LogP contribution in [0.25, 0.3) is 5.52 Å². The van der Waals surface area contributed by atoms with Crippen molar-refractivity contribution in [2.24, 2.45) is 0 Å². The van der Waals surface area contributed by atoms with Crippen molar-refractivity contribution in [2.75, 3.05) is 6.54 Å². The summed E-state index contributed by atoms with van der Waals surface area (Å²) >= 11 is 0. The molecule has 116 valence electrons. The summed E-state index contributed by atoms with van der Waals surface area (Å²) in [6.07, 6.45) is 5.08. The first kappa shape index (κ1) is 14.7. The maximum absolute atomic E-state index is 12.0. The summed E-state index contributed by atoms with van der Waals surface area (Å²) in [6.45, 7) is 0.295. The molecule has 3 aromatic rings. The second-order valence-electron chi connectivity index (χ2n) is 4.91. The standard InChI is InChI=1S/C16H15N5O2/c22-15(18-10-12-4-6-17-7-5-12)11-19-16(23)14-9-13-3-1-2-8-21(13)20-14/h1-9H,10-11H2,(H,18,22)(H,19,23). The lowest BCUT2D eigenvalue weighted by Crippen LogP contribution is -2.36. The van der Waals surface area contributed by atoms with E-state index in [9.17, 15) is 9.59 Å². The van der Waals surface area contributed by atoms with Gasteiger partial charge in [0.05, 0.1) is 12.1 Å². The molecule has 0 unspecified atom stereocenters. The molecule has 0 spiro atoms. The van der Waals surface area contributed by atoms with Gasteiger partial charge in [-0.15, -0.1) is 0 Å². The van der Waals surface area contributed by atoms with E-state index in [-0.39, 0.29) is 24.1 Å². The fourth-order valence-corrected chi connectivity index (χ4v) is 2.06. The van der Waals surface area contributed by atoms with Gasteiger partial charge in [-0.25, -0.2) is 4.52 Å². The van der Waals surface area contributed by atoms with Crippen LogP contribution < -0.4 is 10.6 Å². The number of rotatable bonds is 5. The molecule has 0 radical (unpaired) electrons. The highest BCUT2D eigenvalue weighted by Gasteiger charge is 2.11. The Morgan fingerprint density at radius 2 is 1.91 bits per heavy atom. The zero-order valence-electron chi connectivity index (χ0n) is 12.3. The van der Waals surface area contributed by atoms with E-state index in [2.05, 4.69) is 20.7 Å². The van der Waals surface area contributed by atoms with Gasteiger partial charge in [0, 0.05) is 25.1 Å². The number of aromatic nitrogens is 3. The van der Waals surface area contributed by atoms with Crippen LogP contribution in [-0.4, -0.2) is 33.0 Å². The zero-order chi connectivity index (χ0) is 16.1. The molecule has 0 aliphatic heterocycles. The van der Waals surface area contributed by atoms with E-state index in [0.29, 0.717) is 6.54 Å². The van der Waals surface area contributed by atoms with E-state index >= 15 is 0 Å². The summed E-state index contributed by atoms with van der Waals surface area (Å²) in [5.41, 5.74) is 2.04. The summed E-state index contributed by atoms with van der Waals surface area (Å²) in [5, 5.41) is 9.43. The number of fused-ring (bicyclic) bond motifs is 1. The van der Waals surface area contributed by atoms with Gasteiger partial charge in [0.15, 0.2) is 5.69 Å². The Kier molecular flexibility index (Phi) is 4.28. The molecule has 2 N–H and O–H groups in total. The van der Waals surface area contributed by atoms with Gasteiger partial charge >= 0.3 is 0 Å². The average Bonchev–Trinajstić information content (AvgIpc) is 3.03. The maximum atomic E-state index is 12.0. The number of carbonyl (C=O) groups excluding carboxylic acids is 2. The molecule has 0 saturated carbocycles. The summed E-state index contributed by atoms with van der Waals surface area (Å²) in [5.74, 6) is -0.647. The molecule has 0 saturated heterocycles. The highest BCUT2D eigenvalue weighted by molar-refractivity contribution is 5.95. The van der Waals surface area contributed by atoms with Gasteiger partial charge < -0.3 is 10.6 Å². The van der Waals surface area contributed by atoms with Crippen LogP contribution >= 0.6 is 0 Å². The van der Waals surface area contributed by atoms with Crippen LogP contribution in [0, 0.1) is 0 Å². The van der Waals surface area contributed by atoms with E-state index in [1.807, 2.05) is 30.3 Å². The van der Waals surface area contributed by atoms with E-state index in [4.69, 9.17) is 0 Å². The second-order valence-corrected chi connectivity index (χ2v) is 4.91. The normalized spacial score (nSPS) is 10.4. The minimum absolute atomic E-state index is 0.0994. The molecule has 7 heteroatoms. The predicted molar refractivity (Wildman–Crippen MR) is 83.6 cm³/mol. The Morgan fingerprint density at radius 1 is 1.09 bits per heavy atom. The number of hydrogen-bond acceptors (Lipinski definition) is 4. The second kappa shape index (κ2) is 6.69. The lowest BCUT2D eigenvalue weighted by Gasteiger charge is -2.05. The predicted octanol–water partition coefficient (Wildman–Crippen LogP) is 0.775. The summed E-state index contributed by atoms with van der Waals surface area (Å²) in [7, 11) is 0. The van der Waals surface area contributed by atoms with Crippen LogP contribution in [-0.2, 0) is 11.3 Å². The third-order valence-electron chi connectivity index (χ3n) is 3.25. The first-order valence-corrected chi connectivity index (χ1v) is 7.10.